The molecule has 0 aliphatic heterocycles. The van der Waals surface area contributed by atoms with Crippen LogP contribution in [0.15, 0.2) is 23.1 Å². The van der Waals surface area contributed by atoms with E-state index in [1.54, 1.807) is 18.2 Å². The highest BCUT2D eigenvalue weighted by atomic mass is 35.5. The first kappa shape index (κ1) is 13.5. The Morgan fingerprint density at radius 1 is 1.31 bits per heavy atom. The van der Waals surface area contributed by atoms with E-state index in [0.717, 1.165) is 4.90 Å². The van der Waals surface area contributed by atoms with Crippen LogP contribution in [0.25, 0.3) is 0 Å². The van der Waals surface area contributed by atoms with Crippen LogP contribution in [-0.4, -0.2) is 11.9 Å². The maximum atomic E-state index is 11.9. The molecule has 0 saturated carbocycles. The summed E-state index contributed by atoms with van der Waals surface area (Å²) in [5, 5.41) is 0.520. The third kappa shape index (κ3) is 4.99. The minimum absolute atomic E-state index is 0.0826. The minimum atomic E-state index is -4.08. The van der Waals surface area contributed by atoms with Crippen LogP contribution in [0, 0.1) is 0 Å². The number of alkyl halides is 3. The predicted molar refractivity (Wildman–Crippen MR) is 61.9 cm³/mol. The highest BCUT2D eigenvalue weighted by Crippen LogP contribution is 2.31. The molecule has 0 heterocycles. The molecule has 1 aromatic carbocycles. The Hall–Kier alpha value is -0.550. The van der Waals surface area contributed by atoms with Crippen LogP contribution in [0.3, 0.4) is 0 Å². The average Bonchev–Trinajstić information content (AvgIpc) is 2.16. The topological polar surface area (TPSA) is 26.0 Å². The average molecular weight is 270 g/mol. The molecule has 0 spiro atoms. The fraction of sp³-hybridized carbons (Fsp3) is 0.400. The van der Waals surface area contributed by atoms with Crippen molar-refractivity contribution >= 4 is 29.1 Å². The van der Waals surface area contributed by atoms with Crippen LogP contribution < -0.4 is 5.73 Å². The van der Waals surface area contributed by atoms with E-state index in [1.807, 2.05) is 0 Å². The molecule has 1 nitrogen and oxygen atoms in total. The number of nitrogens with two attached hydrogens (primary N) is 1. The summed E-state index contributed by atoms with van der Waals surface area (Å²) in [4.78, 5) is 0.726. The second-order valence-electron chi connectivity index (χ2n) is 3.26. The highest BCUT2D eigenvalue weighted by molar-refractivity contribution is 7.99. The molecule has 6 heteroatoms. The summed E-state index contributed by atoms with van der Waals surface area (Å²) in [6.07, 6.45) is -4.76. The molecule has 1 aromatic rings. The van der Waals surface area contributed by atoms with Gasteiger partial charge in [0, 0.05) is 17.0 Å². The van der Waals surface area contributed by atoms with E-state index in [9.17, 15) is 13.2 Å². The number of hydrogen-bond donors (Lipinski definition) is 1. The van der Waals surface area contributed by atoms with Crippen molar-refractivity contribution in [1.82, 2.24) is 0 Å². The first-order valence-corrected chi connectivity index (χ1v) is 5.99. The molecule has 0 aliphatic rings. The standard InChI is InChI=1S/C10H11ClF3NS/c11-8-3-2-7(15)6-9(8)16-5-1-4-10(12,13)14/h2-3,6H,1,4-5,15H2. The van der Waals surface area contributed by atoms with Crippen LogP contribution in [0.5, 0.6) is 0 Å². The maximum Gasteiger partial charge on any atom is 0.389 e. The quantitative estimate of drug-likeness (QED) is 0.499. The van der Waals surface area contributed by atoms with Crippen molar-refractivity contribution in [2.75, 3.05) is 11.5 Å². The van der Waals surface area contributed by atoms with Gasteiger partial charge in [0.1, 0.15) is 0 Å². The number of hydrogen-bond acceptors (Lipinski definition) is 2. The highest BCUT2D eigenvalue weighted by Gasteiger charge is 2.25. The molecule has 0 radical (unpaired) electrons. The zero-order valence-electron chi connectivity index (χ0n) is 8.35. The molecule has 0 fully saturated rings. The Bertz CT molecular complexity index is 354. The fourth-order valence-electron chi connectivity index (χ4n) is 1.09. The van der Waals surface area contributed by atoms with Gasteiger partial charge in [-0.15, -0.1) is 11.8 Å². The lowest BCUT2D eigenvalue weighted by Crippen LogP contribution is -2.06. The van der Waals surface area contributed by atoms with Gasteiger partial charge < -0.3 is 5.73 Å². The van der Waals surface area contributed by atoms with Crippen LogP contribution >= 0.6 is 23.4 Å². The minimum Gasteiger partial charge on any atom is -0.399 e. The van der Waals surface area contributed by atoms with Crippen molar-refractivity contribution in [3.8, 4) is 0 Å². The summed E-state index contributed by atoms with van der Waals surface area (Å²) in [5.41, 5.74) is 6.11. The monoisotopic (exact) mass is 269 g/mol. The lowest BCUT2D eigenvalue weighted by molar-refractivity contribution is -0.134. The van der Waals surface area contributed by atoms with E-state index in [-0.39, 0.29) is 6.42 Å². The Morgan fingerprint density at radius 2 is 2.00 bits per heavy atom. The van der Waals surface area contributed by atoms with Gasteiger partial charge in [-0.25, -0.2) is 0 Å². The number of benzene rings is 1. The largest absolute Gasteiger partial charge is 0.399 e. The zero-order chi connectivity index (χ0) is 12.2. The van der Waals surface area contributed by atoms with Crippen molar-refractivity contribution in [2.45, 2.75) is 23.9 Å². The number of anilines is 1. The predicted octanol–water partition coefficient (Wildman–Crippen LogP) is 4.36. The Kier molecular flexibility index (Phi) is 4.80. The van der Waals surface area contributed by atoms with Crippen molar-refractivity contribution in [2.24, 2.45) is 0 Å². The fourth-order valence-corrected chi connectivity index (χ4v) is 2.30. The van der Waals surface area contributed by atoms with Gasteiger partial charge in [0.15, 0.2) is 0 Å². The Labute approximate surface area is 101 Å². The second-order valence-corrected chi connectivity index (χ2v) is 4.80. The lowest BCUT2D eigenvalue weighted by atomic mass is 10.3. The van der Waals surface area contributed by atoms with Gasteiger partial charge in [-0.1, -0.05) is 11.6 Å². The molecule has 1 rings (SSSR count). The number of halogens is 4. The molecule has 0 amide bonds. The number of nitrogen functional groups attached to an aromatic ring is 1. The van der Waals surface area contributed by atoms with Crippen molar-refractivity contribution in [3.63, 3.8) is 0 Å². The van der Waals surface area contributed by atoms with Gasteiger partial charge in [-0.2, -0.15) is 13.2 Å². The summed E-state index contributed by atoms with van der Waals surface area (Å²) >= 11 is 7.16. The van der Waals surface area contributed by atoms with Gasteiger partial charge in [-0.05, 0) is 30.4 Å². The summed E-state index contributed by atoms with van der Waals surface area (Å²) in [5.74, 6) is 0.378. The van der Waals surface area contributed by atoms with Gasteiger partial charge in [0.25, 0.3) is 0 Å². The molecule has 0 atom stereocenters. The van der Waals surface area contributed by atoms with E-state index in [2.05, 4.69) is 0 Å². The molecule has 2 N–H and O–H groups in total. The van der Waals surface area contributed by atoms with Crippen molar-refractivity contribution in [3.05, 3.63) is 23.2 Å². The van der Waals surface area contributed by atoms with Crippen LogP contribution in [0.4, 0.5) is 18.9 Å². The zero-order valence-corrected chi connectivity index (χ0v) is 9.92. The van der Waals surface area contributed by atoms with E-state index in [0.29, 0.717) is 16.5 Å². The van der Waals surface area contributed by atoms with Crippen LogP contribution in [-0.2, 0) is 0 Å². The molecular formula is C10H11ClF3NS. The van der Waals surface area contributed by atoms with Crippen molar-refractivity contribution in [1.29, 1.82) is 0 Å². The normalized spacial score (nSPS) is 11.8. The Balaban J connectivity index is 2.40. The van der Waals surface area contributed by atoms with Gasteiger partial charge in [-0.3, -0.25) is 0 Å². The molecule has 0 saturated heterocycles. The second kappa shape index (κ2) is 5.68. The SMILES string of the molecule is Nc1ccc(Cl)c(SCCCC(F)(F)F)c1. The summed E-state index contributed by atoms with van der Waals surface area (Å²) in [6.45, 7) is 0. The van der Waals surface area contributed by atoms with E-state index >= 15 is 0 Å². The molecule has 0 bridgehead atoms. The number of rotatable bonds is 4. The van der Waals surface area contributed by atoms with E-state index in [1.165, 1.54) is 11.8 Å². The third-order valence-electron chi connectivity index (χ3n) is 1.82. The third-order valence-corrected chi connectivity index (χ3v) is 3.40. The number of thioether (sulfide) groups is 1. The summed E-state index contributed by atoms with van der Waals surface area (Å²) in [6, 6.07) is 4.96. The first-order chi connectivity index (χ1) is 7.38. The lowest BCUT2D eigenvalue weighted by Gasteiger charge is -2.07. The molecule has 0 aromatic heterocycles. The van der Waals surface area contributed by atoms with Crippen molar-refractivity contribution < 1.29 is 13.2 Å². The molecule has 90 valence electrons. The first-order valence-electron chi connectivity index (χ1n) is 4.63. The van der Waals surface area contributed by atoms with Crippen LogP contribution in [0.1, 0.15) is 12.8 Å². The van der Waals surface area contributed by atoms with Gasteiger partial charge in [0.05, 0.1) is 5.02 Å². The van der Waals surface area contributed by atoms with Gasteiger partial charge >= 0.3 is 6.18 Å². The summed E-state index contributed by atoms with van der Waals surface area (Å²) in [7, 11) is 0. The maximum absolute atomic E-state index is 11.9. The molecule has 0 unspecified atom stereocenters. The smallest absolute Gasteiger partial charge is 0.389 e. The molecule has 0 aliphatic carbocycles. The molecule has 16 heavy (non-hydrogen) atoms. The Morgan fingerprint density at radius 3 is 2.62 bits per heavy atom. The van der Waals surface area contributed by atoms with Gasteiger partial charge in [0.2, 0.25) is 0 Å². The van der Waals surface area contributed by atoms with Crippen LogP contribution in [0.2, 0.25) is 5.02 Å². The molecular weight excluding hydrogens is 259 g/mol. The van der Waals surface area contributed by atoms with E-state index < -0.39 is 12.6 Å². The summed E-state index contributed by atoms with van der Waals surface area (Å²) < 4.78 is 35.6. The van der Waals surface area contributed by atoms with E-state index in [4.69, 9.17) is 17.3 Å².